The van der Waals surface area contributed by atoms with Crippen molar-refractivity contribution < 1.29 is 9.47 Å². The van der Waals surface area contributed by atoms with E-state index >= 15 is 0 Å². The van der Waals surface area contributed by atoms with Crippen LogP contribution in [0.2, 0.25) is 5.02 Å². The highest BCUT2D eigenvalue weighted by atomic mass is 35.5. The lowest BCUT2D eigenvalue weighted by Crippen LogP contribution is -2.06. The van der Waals surface area contributed by atoms with E-state index < -0.39 is 0 Å². The van der Waals surface area contributed by atoms with Crippen LogP contribution in [-0.2, 0) is 0 Å². The summed E-state index contributed by atoms with van der Waals surface area (Å²) in [5, 5.41) is 7.04. The molecule has 140 valence electrons. The Morgan fingerprint density at radius 3 is 2.33 bits per heavy atom. The third-order valence-electron chi connectivity index (χ3n) is 4.07. The van der Waals surface area contributed by atoms with Gasteiger partial charge in [-0.1, -0.05) is 17.7 Å². The fourth-order valence-electron chi connectivity index (χ4n) is 2.49. The first-order chi connectivity index (χ1) is 13.0. The number of methoxy groups -OCH3 is 2. The van der Waals surface area contributed by atoms with E-state index in [4.69, 9.17) is 26.8 Å². The van der Waals surface area contributed by atoms with E-state index in [9.17, 15) is 0 Å². The second kappa shape index (κ2) is 8.01. The fraction of sp³-hybridized carbons (Fsp3) is 0.158. The quantitative estimate of drug-likeness (QED) is 0.574. The minimum atomic E-state index is 0.370. The number of anilines is 5. The van der Waals surface area contributed by atoms with Gasteiger partial charge in [0.2, 0.25) is 0 Å². The Labute approximate surface area is 162 Å². The van der Waals surface area contributed by atoms with Crippen molar-refractivity contribution in [3.63, 3.8) is 0 Å². The number of nitrogens with two attached hydrogens (primary N) is 1. The normalized spacial score (nSPS) is 10.4. The zero-order valence-electron chi connectivity index (χ0n) is 15.2. The van der Waals surface area contributed by atoms with E-state index in [-0.39, 0.29) is 0 Å². The van der Waals surface area contributed by atoms with Crippen LogP contribution in [-0.4, -0.2) is 24.2 Å². The van der Waals surface area contributed by atoms with Gasteiger partial charge in [0.15, 0.2) is 11.6 Å². The predicted octanol–water partition coefficient (Wildman–Crippen LogP) is 4.53. The van der Waals surface area contributed by atoms with Gasteiger partial charge in [0.1, 0.15) is 23.5 Å². The van der Waals surface area contributed by atoms with Gasteiger partial charge >= 0.3 is 0 Å². The molecule has 0 aliphatic carbocycles. The molecule has 8 heteroatoms. The lowest BCUT2D eigenvalue weighted by molar-refractivity contribution is 0.395. The van der Waals surface area contributed by atoms with Gasteiger partial charge in [0, 0.05) is 16.8 Å². The molecule has 0 radical (unpaired) electrons. The maximum Gasteiger partial charge on any atom is 0.159 e. The molecule has 1 aromatic heterocycles. The molecule has 0 saturated heterocycles. The highest BCUT2D eigenvalue weighted by Crippen LogP contribution is 2.35. The third kappa shape index (κ3) is 3.98. The summed E-state index contributed by atoms with van der Waals surface area (Å²) in [6.45, 7) is 1.92. The number of hydrogen-bond donors (Lipinski definition) is 3. The molecule has 3 aromatic rings. The third-order valence-corrected chi connectivity index (χ3v) is 4.48. The minimum Gasteiger partial charge on any atom is -0.497 e. The fourth-order valence-corrected chi connectivity index (χ4v) is 2.67. The highest BCUT2D eigenvalue weighted by Gasteiger charge is 2.13. The average molecular weight is 386 g/mol. The molecule has 0 aliphatic heterocycles. The monoisotopic (exact) mass is 385 g/mol. The van der Waals surface area contributed by atoms with Crippen molar-refractivity contribution >= 4 is 40.3 Å². The molecule has 0 bridgehead atoms. The van der Waals surface area contributed by atoms with Gasteiger partial charge in [-0.3, -0.25) is 0 Å². The summed E-state index contributed by atoms with van der Waals surface area (Å²) in [6, 6.07) is 11.0. The molecule has 0 spiro atoms. The van der Waals surface area contributed by atoms with Gasteiger partial charge < -0.3 is 25.8 Å². The van der Waals surface area contributed by atoms with Crippen LogP contribution in [0.25, 0.3) is 0 Å². The first kappa shape index (κ1) is 18.6. The van der Waals surface area contributed by atoms with Crippen LogP contribution < -0.4 is 25.8 Å². The van der Waals surface area contributed by atoms with Crippen molar-refractivity contribution in [3.8, 4) is 11.5 Å². The number of benzene rings is 2. The summed E-state index contributed by atoms with van der Waals surface area (Å²) in [5.74, 6) is 2.22. The first-order valence-electron chi connectivity index (χ1n) is 8.15. The Morgan fingerprint density at radius 2 is 1.67 bits per heavy atom. The second-order valence-corrected chi connectivity index (χ2v) is 6.12. The Bertz CT molecular complexity index is 965. The molecule has 1 heterocycles. The summed E-state index contributed by atoms with van der Waals surface area (Å²) >= 11 is 6.18. The zero-order valence-corrected chi connectivity index (χ0v) is 16.0. The van der Waals surface area contributed by atoms with Crippen LogP contribution in [0.3, 0.4) is 0 Å². The summed E-state index contributed by atoms with van der Waals surface area (Å²) < 4.78 is 10.6. The molecular weight excluding hydrogens is 366 g/mol. The maximum absolute atomic E-state index is 6.27. The lowest BCUT2D eigenvalue weighted by Gasteiger charge is -2.16. The first-order valence-corrected chi connectivity index (χ1v) is 8.53. The van der Waals surface area contributed by atoms with Crippen LogP contribution in [0.1, 0.15) is 5.56 Å². The van der Waals surface area contributed by atoms with E-state index in [2.05, 4.69) is 20.6 Å². The van der Waals surface area contributed by atoms with Crippen molar-refractivity contribution in [1.82, 2.24) is 9.97 Å². The van der Waals surface area contributed by atoms with Crippen molar-refractivity contribution in [2.75, 3.05) is 30.6 Å². The number of nitrogen functional groups attached to an aromatic ring is 1. The number of nitrogens with zero attached hydrogens (tertiary/aromatic N) is 2. The van der Waals surface area contributed by atoms with Crippen LogP contribution >= 0.6 is 11.6 Å². The van der Waals surface area contributed by atoms with Gasteiger partial charge in [0.25, 0.3) is 0 Å². The SMILES string of the molecule is COc1ccc(Nc2ncnc(Nc3cccc(Cl)c3C)c2N)c(OC)c1. The van der Waals surface area contributed by atoms with E-state index in [1.54, 1.807) is 20.3 Å². The predicted molar refractivity (Wildman–Crippen MR) is 109 cm³/mol. The highest BCUT2D eigenvalue weighted by molar-refractivity contribution is 6.31. The van der Waals surface area contributed by atoms with Gasteiger partial charge in [-0.2, -0.15) is 0 Å². The number of rotatable bonds is 6. The van der Waals surface area contributed by atoms with Crippen molar-refractivity contribution in [2.45, 2.75) is 6.92 Å². The molecule has 27 heavy (non-hydrogen) atoms. The van der Waals surface area contributed by atoms with Gasteiger partial charge in [-0.15, -0.1) is 0 Å². The van der Waals surface area contributed by atoms with E-state index in [1.165, 1.54) is 6.33 Å². The van der Waals surface area contributed by atoms with Gasteiger partial charge in [-0.05, 0) is 36.8 Å². The Morgan fingerprint density at radius 1 is 0.963 bits per heavy atom. The number of halogens is 1. The minimum absolute atomic E-state index is 0.370. The summed E-state index contributed by atoms with van der Waals surface area (Å²) in [5.41, 5.74) is 9.07. The van der Waals surface area contributed by atoms with Gasteiger partial charge in [-0.25, -0.2) is 9.97 Å². The molecule has 7 nitrogen and oxygen atoms in total. The van der Waals surface area contributed by atoms with Gasteiger partial charge in [0.05, 0.1) is 19.9 Å². The second-order valence-electron chi connectivity index (χ2n) is 5.71. The average Bonchev–Trinajstić information content (AvgIpc) is 2.68. The van der Waals surface area contributed by atoms with Crippen LogP contribution in [0.4, 0.5) is 28.7 Å². The topological polar surface area (TPSA) is 94.3 Å². The molecule has 0 amide bonds. The molecule has 0 unspecified atom stereocenters. The molecular formula is C19H20ClN5O2. The molecule has 3 rings (SSSR count). The molecule has 0 saturated carbocycles. The van der Waals surface area contributed by atoms with Crippen LogP contribution in [0.15, 0.2) is 42.7 Å². The lowest BCUT2D eigenvalue weighted by atomic mass is 10.2. The Kier molecular flexibility index (Phi) is 5.52. The largest absolute Gasteiger partial charge is 0.497 e. The molecule has 2 aromatic carbocycles. The maximum atomic E-state index is 6.27. The number of ether oxygens (including phenoxy) is 2. The summed E-state index contributed by atoms with van der Waals surface area (Å²) in [7, 11) is 3.18. The van der Waals surface area contributed by atoms with Crippen molar-refractivity contribution in [2.24, 2.45) is 0 Å². The molecule has 0 atom stereocenters. The van der Waals surface area contributed by atoms with E-state index in [0.29, 0.717) is 39.5 Å². The van der Waals surface area contributed by atoms with Crippen LogP contribution in [0, 0.1) is 6.92 Å². The Balaban J connectivity index is 1.90. The smallest absolute Gasteiger partial charge is 0.159 e. The number of hydrogen-bond acceptors (Lipinski definition) is 7. The van der Waals surface area contributed by atoms with E-state index in [0.717, 1.165) is 11.3 Å². The van der Waals surface area contributed by atoms with Crippen LogP contribution in [0.5, 0.6) is 11.5 Å². The summed E-state index contributed by atoms with van der Waals surface area (Å²) in [4.78, 5) is 8.47. The Hall–Kier alpha value is -3.19. The molecule has 0 aliphatic rings. The molecule has 0 fully saturated rings. The van der Waals surface area contributed by atoms with Crippen molar-refractivity contribution in [1.29, 1.82) is 0 Å². The zero-order chi connectivity index (χ0) is 19.4. The summed E-state index contributed by atoms with van der Waals surface area (Å²) in [6.07, 6.45) is 1.43. The number of aromatic nitrogens is 2. The van der Waals surface area contributed by atoms with Crippen molar-refractivity contribution in [3.05, 3.63) is 53.3 Å². The number of nitrogens with one attached hydrogen (secondary N) is 2. The van der Waals surface area contributed by atoms with E-state index in [1.807, 2.05) is 37.3 Å². The standard InChI is InChI=1S/C19H20ClN5O2/c1-11-13(20)5-4-6-14(11)24-18-17(21)19(23-10-22-18)25-15-8-7-12(26-2)9-16(15)27-3/h4-10H,21H2,1-3H3,(H2,22,23,24,25). The molecule has 4 N–H and O–H groups in total.